The zero-order valence-corrected chi connectivity index (χ0v) is 15.2. The van der Waals surface area contributed by atoms with E-state index < -0.39 is 0 Å². The number of likely N-dealkylation sites (tertiary alicyclic amines) is 1. The second-order valence-electron chi connectivity index (χ2n) is 7.59. The lowest BCUT2D eigenvalue weighted by Gasteiger charge is -2.48. The molecule has 1 N–H and O–H groups in total. The second-order valence-corrected chi connectivity index (χ2v) is 7.59. The molecule has 3 saturated heterocycles. The van der Waals surface area contributed by atoms with Crippen LogP contribution in [0.5, 0.6) is 0 Å². The molecule has 4 fully saturated rings. The van der Waals surface area contributed by atoms with Gasteiger partial charge >= 0.3 is 0 Å². The minimum atomic E-state index is -0.316. The second kappa shape index (κ2) is 7.70. The smallest absolute Gasteiger partial charge is 0.168 e. The van der Waals surface area contributed by atoms with Crippen molar-refractivity contribution < 1.29 is 9.47 Å². The maximum absolute atomic E-state index is 5.87. The lowest BCUT2D eigenvalue weighted by molar-refractivity contribution is -0.205. The fraction of sp³-hybridized carbons (Fsp3) is 0.889. The van der Waals surface area contributed by atoms with Gasteiger partial charge in [-0.15, -0.1) is 5.10 Å². The van der Waals surface area contributed by atoms with Gasteiger partial charge in [-0.3, -0.25) is 4.90 Å². The molecule has 3 aliphatic heterocycles. The van der Waals surface area contributed by atoms with Gasteiger partial charge in [0.1, 0.15) is 5.66 Å². The van der Waals surface area contributed by atoms with Crippen LogP contribution < -0.4 is 5.32 Å². The molecule has 25 heavy (non-hydrogen) atoms. The van der Waals surface area contributed by atoms with E-state index in [0.29, 0.717) is 0 Å². The molecule has 140 valence electrons. The molecule has 1 spiro atoms. The van der Waals surface area contributed by atoms with Crippen molar-refractivity contribution >= 4 is 0 Å². The van der Waals surface area contributed by atoms with Crippen LogP contribution in [-0.2, 0) is 15.1 Å². The van der Waals surface area contributed by atoms with Crippen molar-refractivity contribution in [2.45, 2.75) is 62.8 Å². The van der Waals surface area contributed by atoms with Gasteiger partial charge in [-0.1, -0.05) is 5.21 Å². The normalized spacial score (nSPS) is 28.2. The van der Waals surface area contributed by atoms with Crippen LogP contribution >= 0.6 is 0 Å². The van der Waals surface area contributed by atoms with Crippen molar-refractivity contribution in [1.82, 2.24) is 25.2 Å². The van der Waals surface area contributed by atoms with Gasteiger partial charge in [-0.25, -0.2) is 4.68 Å². The molecule has 0 atom stereocenters. The minimum Gasteiger partial charge on any atom is -0.348 e. The first kappa shape index (κ1) is 17.4. The standard InChI is InChI=1S/C14H22N4O2.C4H9N/c1-2-9-17(8-1)13(18-10-7-15-16-18)3-5-14(6-4-13)19-11-12-20-14;1-2-4-5-3-1/h7,10H,1-6,8-9,11-12H2;5H,1-4H2. The van der Waals surface area contributed by atoms with Gasteiger partial charge in [0.05, 0.1) is 19.4 Å². The zero-order chi connectivity index (χ0) is 17.0. The number of ether oxygens (including phenoxy) is 2. The Morgan fingerprint density at radius 2 is 1.56 bits per heavy atom. The number of hydrogen-bond acceptors (Lipinski definition) is 6. The predicted octanol–water partition coefficient (Wildman–Crippen LogP) is 1.71. The Morgan fingerprint density at radius 1 is 0.880 bits per heavy atom. The SMILES string of the molecule is C1CCNC1.c1cn(C2(N3CCCC3)CCC3(CC2)OCCO3)nn1. The maximum Gasteiger partial charge on any atom is 0.168 e. The highest BCUT2D eigenvalue weighted by Crippen LogP contribution is 2.46. The van der Waals surface area contributed by atoms with Gasteiger partial charge in [0.25, 0.3) is 0 Å². The Bertz CT molecular complexity index is 502. The third-order valence-corrected chi connectivity index (χ3v) is 6.13. The summed E-state index contributed by atoms with van der Waals surface area (Å²) >= 11 is 0. The van der Waals surface area contributed by atoms with E-state index in [1.807, 2.05) is 6.20 Å². The summed E-state index contributed by atoms with van der Waals surface area (Å²) in [7, 11) is 0. The van der Waals surface area contributed by atoms with Crippen LogP contribution in [0.3, 0.4) is 0 Å². The first-order valence-electron chi connectivity index (χ1n) is 9.94. The lowest BCUT2D eigenvalue weighted by Crippen LogP contribution is -2.55. The van der Waals surface area contributed by atoms with Crippen molar-refractivity contribution in [3.05, 3.63) is 12.4 Å². The van der Waals surface area contributed by atoms with Gasteiger partial charge < -0.3 is 14.8 Å². The van der Waals surface area contributed by atoms with Gasteiger partial charge in [0.2, 0.25) is 0 Å². The molecular formula is C18H31N5O2. The molecule has 7 nitrogen and oxygen atoms in total. The molecule has 0 radical (unpaired) electrons. The number of hydrogen-bond donors (Lipinski definition) is 1. The quantitative estimate of drug-likeness (QED) is 0.877. The van der Waals surface area contributed by atoms with Crippen LogP contribution in [-0.4, -0.2) is 65.1 Å². The fourth-order valence-corrected chi connectivity index (χ4v) is 4.70. The van der Waals surface area contributed by atoms with Gasteiger partial charge in [-0.05, 0) is 51.6 Å². The molecule has 4 aliphatic rings. The van der Waals surface area contributed by atoms with Gasteiger partial charge in [0.15, 0.2) is 5.79 Å². The molecule has 0 bridgehead atoms. The van der Waals surface area contributed by atoms with Crippen LogP contribution in [0, 0.1) is 0 Å². The average Bonchev–Trinajstić information content (AvgIpc) is 3.46. The predicted molar refractivity (Wildman–Crippen MR) is 94.0 cm³/mol. The largest absolute Gasteiger partial charge is 0.348 e. The number of rotatable bonds is 2. The van der Waals surface area contributed by atoms with Crippen LogP contribution in [0.2, 0.25) is 0 Å². The van der Waals surface area contributed by atoms with E-state index in [0.717, 1.165) is 52.0 Å². The molecule has 1 aliphatic carbocycles. The molecular weight excluding hydrogens is 318 g/mol. The van der Waals surface area contributed by atoms with E-state index in [1.165, 1.54) is 38.8 Å². The van der Waals surface area contributed by atoms with Crippen LogP contribution in [0.25, 0.3) is 0 Å². The summed E-state index contributed by atoms with van der Waals surface area (Å²) in [6.45, 7) is 6.29. The molecule has 1 aromatic rings. The van der Waals surface area contributed by atoms with Gasteiger partial charge in [0, 0.05) is 32.1 Å². The Balaban J connectivity index is 0.000000272. The number of aromatic nitrogens is 3. The first-order valence-corrected chi connectivity index (χ1v) is 9.94. The van der Waals surface area contributed by atoms with E-state index in [9.17, 15) is 0 Å². The summed E-state index contributed by atoms with van der Waals surface area (Å²) in [4.78, 5) is 2.59. The average molecular weight is 349 g/mol. The highest BCUT2D eigenvalue weighted by Gasteiger charge is 2.50. The van der Waals surface area contributed by atoms with Crippen LogP contribution in [0.1, 0.15) is 51.4 Å². The minimum absolute atomic E-state index is 0.0203. The molecule has 0 amide bonds. The first-order chi connectivity index (χ1) is 12.3. The monoisotopic (exact) mass is 349 g/mol. The molecule has 0 aromatic carbocycles. The van der Waals surface area contributed by atoms with Crippen molar-refractivity contribution in [3.63, 3.8) is 0 Å². The third-order valence-electron chi connectivity index (χ3n) is 6.13. The molecule has 1 saturated carbocycles. The highest BCUT2D eigenvalue weighted by molar-refractivity contribution is 4.96. The van der Waals surface area contributed by atoms with Crippen molar-refractivity contribution in [2.24, 2.45) is 0 Å². The van der Waals surface area contributed by atoms with Crippen molar-refractivity contribution in [1.29, 1.82) is 0 Å². The van der Waals surface area contributed by atoms with E-state index in [-0.39, 0.29) is 11.4 Å². The molecule has 0 unspecified atom stereocenters. The molecule has 1 aromatic heterocycles. The highest BCUT2D eigenvalue weighted by atomic mass is 16.7. The van der Waals surface area contributed by atoms with E-state index in [4.69, 9.17) is 9.47 Å². The summed E-state index contributed by atoms with van der Waals surface area (Å²) in [5.41, 5.74) is -0.0203. The summed E-state index contributed by atoms with van der Waals surface area (Å²) < 4.78 is 13.8. The Labute approximate surface area is 150 Å². The molecule has 5 rings (SSSR count). The van der Waals surface area contributed by atoms with E-state index in [2.05, 4.69) is 25.2 Å². The van der Waals surface area contributed by atoms with Crippen molar-refractivity contribution in [3.8, 4) is 0 Å². The Kier molecular flexibility index (Phi) is 5.36. The van der Waals surface area contributed by atoms with Gasteiger partial charge in [-0.2, -0.15) is 0 Å². The number of nitrogens with one attached hydrogen (secondary N) is 1. The van der Waals surface area contributed by atoms with Crippen LogP contribution in [0.4, 0.5) is 0 Å². The van der Waals surface area contributed by atoms with E-state index >= 15 is 0 Å². The summed E-state index contributed by atoms with van der Waals surface area (Å²) in [5.74, 6) is -0.316. The van der Waals surface area contributed by atoms with E-state index in [1.54, 1.807) is 6.20 Å². The Morgan fingerprint density at radius 3 is 2.08 bits per heavy atom. The zero-order valence-electron chi connectivity index (χ0n) is 15.2. The summed E-state index contributed by atoms with van der Waals surface area (Å²) in [6, 6.07) is 0. The van der Waals surface area contributed by atoms with Crippen LogP contribution in [0.15, 0.2) is 12.4 Å². The maximum atomic E-state index is 5.87. The summed E-state index contributed by atoms with van der Waals surface area (Å²) in [6.07, 6.45) is 13.1. The Hall–Kier alpha value is -1.02. The number of nitrogens with zero attached hydrogens (tertiary/aromatic N) is 4. The summed E-state index contributed by atoms with van der Waals surface area (Å²) in [5, 5.41) is 11.6. The topological polar surface area (TPSA) is 64.4 Å². The van der Waals surface area contributed by atoms with Crippen molar-refractivity contribution in [2.75, 3.05) is 39.4 Å². The fourth-order valence-electron chi connectivity index (χ4n) is 4.70. The molecule has 4 heterocycles. The third kappa shape index (κ3) is 3.60. The molecule has 7 heteroatoms. The lowest BCUT2D eigenvalue weighted by atomic mass is 9.83.